The predicted octanol–water partition coefficient (Wildman–Crippen LogP) is -0.282. The van der Waals surface area contributed by atoms with Crippen molar-refractivity contribution in [2.45, 2.75) is 0 Å². The number of hydrogen-bond donors (Lipinski definition) is 4. The molecule has 0 aliphatic carbocycles. The highest BCUT2D eigenvalue weighted by molar-refractivity contribution is 7.97. The maximum atomic E-state index is 9.76. The van der Waals surface area contributed by atoms with Crippen LogP contribution in [0.25, 0.3) is 0 Å². The minimum absolute atomic E-state index is 1.04. The number of carbonyl (C=O) groups excluding carboxylic acids is 1. The molecular formula is CH4NO4PS. The summed E-state index contributed by atoms with van der Waals surface area (Å²) < 4.78 is 9.76. The van der Waals surface area contributed by atoms with Gasteiger partial charge in [-0.05, 0) is 0 Å². The second kappa shape index (κ2) is 2.50. The van der Waals surface area contributed by atoms with Gasteiger partial charge in [-0.1, -0.05) is 12.6 Å². The van der Waals surface area contributed by atoms with Crippen LogP contribution in [0, 0.1) is 0 Å². The zero-order valence-corrected chi connectivity index (χ0v) is 5.39. The summed E-state index contributed by atoms with van der Waals surface area (Å²) in [5, 5.41) is 0.231. The Hall–Kier alpha value is -0.0300. The van der Waals surface area contributed by atoms with Gasteiger partial charge in [0.1, 0.15) is 0 Å². The van der Waals surface area contributed by atoms with E-state index in [1.54, 1.807) is 0 Å². The third-order valence-corrected chi connectivity index (χ3v) is 1.02. The fourth-order valence-electron chi connectivity index (χ4n) is 0.125. The Morgan fingerprint density at radius 1 is 1.62 bits per heavy atom. The molecule has 0 aromatic rings. The first kappa shape index (κ1) is 7.97. The summed E-state index contributed by atoms with van der Waals surface area (Å²) in [6.07, 6.45) is 0. The predicted molar refractivity (Wildman–Crippen MR) is 29.6 cm³/mol. The molecule has 7 heteroatoms. The van der Waals surface area contributed by atoms with Crippen molar-refractivity contribution in [1.29, 1.82) is 0 Å². The summed E-state index contributed by atoms with van der Waals surface area (Å²) in [5.74, 6) is 0. The van der Waals surface area contributed by atoms with Crippen LogP contribution in [0.4, 0.5) is 4.79 Å². The van der Waals surface area contributed by atoms with E-state index in [0.29, 0.717) is 0 Å². The Kier molecular flexibility index (Phi) is 2.49. The zero-order chi connectivity index (χ0) is 6.78. The van der Waals surface area contributed by atoms with Gasteiger partial charge < -0.3 is 9.79 Å². The van der Waals surface area contributed by atoms with E-state index in [2.05, 4.69) is 12.6 Å². The van der Waals surface area contributed by atoms with E-state index in [1.807, 2.05) is 0 Å². The van der Waals surface area contributed by atoms with Crippen molar-refractivity contribution in [1.82, 2.24) is 5.09 Å². The van der Waals surface area contributed by atoms with E-state index < -0.39 is 13.0 Å². The van der Waals surface area contributed by atoms with Crippen molar-refractivity contribution in [3.63, 3.8) is 0 Å². The Morgan fingerprint density at radius 2 is 2.00 bits per heavy atom. The summed E-state index contributed by atoms with van der Waals surface area (Å²) >= 11 is 3.05. The summed E-state index contributed by atoms with van der Waals surface area (Å²) in [7, 11) is -4.40. The van der Waals surface area contributed by atoms with Crippen LogP contribution in [-0.4, -0.2) is 15.0 Å². The monoisotopic (exact) mass is 157 g/mol. The van der Waals surface area contributed by atoms with Gasteiger partial charge in [0.2, 0.25) is 0 Å². The lowest BCUT2D eigenvalue weighted by Crippen LogP contribution is -2.11. The summed E-state index contributed by atoms with van der Waals surface area (Å²) in [4.78, 5) is 25.6. The van der Waals surface area contributed by atoms with Crippen LogP contribution < -0.4 is 5.09 Å². The molecule has 3 N–H and O–H groups in total. The second-order valence-electron chi connectivity index (χ2n) is 0.961. The number of amides is 1. The van der Waals surface area contributed by atoms with E-state index in [4.69, 9.17) is 9.79 Å². The van der Waals surface area contributed by atoms with Gasteiger partial charge in [-0.3, -0.25) is 9.88 Å². The van der Waals surface area contributed by atoms with E-state index >= 15 is 0 Å². The minimum atomic E-state index is -4.40. The molecule has 0 atom stereocenters. The molecule has 0 saturated heterocycles. The lowest BCUT2D eigenvalue weighted by Gasteiger charge is -1.99. The molecule has 0 fully saturated rings. The third-order valence-electron chi connectivity index (χ3n) is 0.241. The van der Waals surface area contributed by atoms with Crippen LogP contribution in [0.1, 0.15) is 0 Å². The topological polar surface area (TPSA) is 86.6 Å². The average Bonchev–Trinajstić information content (AvgIpc) is 1.21. The van der Waals surface area contributed by atoms with Gasteiger partial charge in [0.25, 0.3) is 5.24 Å². The van der Waals surface area contributed by atoms with Crippen LogP contribution in [0.3, 0.4) is 0 Å². The normalized spacial score (nSPS) is 10.9. The fourth-order valence-corrected chi connectivity index (χ4v) is 0.765. The molecule has 0 bridgehead atoms. The van der Waals surface area contributed by atoms with Crippen LogP contribution >= 0.6 is 20.4 Å². The highest BCUT2D eigenvalue weighted by atomic mass is 32.1. The van der Waals surface area contributed by atoms with Crippen molar-refractivity contribution < 1.29 is 19.1 Å². The largest absolute Gasteiger partial charge is 0.430 e. The molecule has 0 spiro atoms. The van der Waals surface area contributed by atoms with Crippen molar-refractivity contribution in [3.05, 3.63) is 0 Å². The molecule has 5 nitrogen and oxygen atoms in total. The highest BCUT2D eigenvalue weighted by Gasteiger charge is 2.12. The second-order valence-corrected chi connectivity index (χ2v) is 2.68. The van der Waals surface area contributed by atoms with Crippen LogP contribution in [0.2, 0.25) is 0 Å². The van der Waals surface area contributed by atoms with Crippen molar-refractivity contribution in [2.75, 3.05) is 0 Å². The average molecular weight is 157 g/mol. The quantitative estimate of drug-likeness (QED) is 0.311. The number of carbonyl (C=O) groups is 1. The lowest BCUT2D eigenvalue weighted by molar-refractivity contribution is 0.261. The van der Waals surface area contributed by atoms with Gasteiger partial charge in [-0.2, -0.15) is 0 Å². The van der Waals surface area contributed by atoms with Crippen molar-refractivity contribution in [3.8, 4) is 0 Å². The molecule has 0 aromatic heterocycles. The standard InChI is InChI=1S/CH4NO4PS/c3-1(8)2-7(4,5)6/h(H4,2,3,4,5,6,8). The Labute approximate surface area is 50.7 Å². The number of nitrogens with one attached hydrogen (secondary N) is 1. The van der Waals surface area contributed by atoms with Gasteiger partial charge in [0.05, 0.1) is 0 Å². The minimum Gasteiger partial charge on any atom is -0.308 e. The molecule has 0 aromatic carbocycles. The molecule has 1 amide bonds. The van der Waals surface area contributed by atoms with E-state index in [0.717, 1.165) is 0 Å². The number of hydrogen-bond acceptors (Lipinski definition) is 2. The molecule has 0 radical (unpaired) electrons. The van der Waals surface area contributed by atoms with Crippen LogP contribution in [-0.2, 0) is 4.57 Å². The lowest BCUT2D eigenvalue weighted by atomic mass is 11.5. The Bertz CT molecular complexity index is 139. The van der Waals surface area contributed by atoms with Crippen molar-refractivity contribution >= 4 is 25.6 Å². The molecule has 0 saturated carbocycles. The first-order valence-corrected chi connectivity index (χ1v) is 3.54. The SMILES string of the molecule is O=C(S)NP(=O)(O)O. The molecule has 0 heterocycles. The smallest absolute Gasteiger partial charge is 0.308 e. The number of thiol groups is 1. The van der Waals surface area contributed by atoms with Crippen LogP contribution in [0.15, 0.2) is 0 Å². The van der Waals surface area contributed by atoms with Crippen molar-refractivity contribution in [2.24, 2.45) is 0 Å². The Morgan fingerprint density at radius 3 is 2.00 bits per heavy atom. The molecule has 8 heavy (non-hydrogen) atoms. The molecule has 0 unspecified atom stereocenters. The number of rotatable bonds is 1. The maximum Gasteiger partial charge on any atom is 0.430 e. The maximum absolute atomic E-state index is 9.76. The summed E-state index contributed by atoms with van der Waals surface area (Å²) in [6.45, 7) is 0. The third kappa shape index (κ3) is 5.97. The van der Waals surface area contributed by atoms with Gasteiger partial charge >= 0.3 is 7.75 Å². The Balaban J connectivity index is 3.74. The van der Waals surface area contributed by atoms with Gasteiger partial charge in [-0.15, -0.1) is 0 Å². The van der Waals surface area contributed by atoms with E-state index in [-0.39, 0.29) is 0 Å². The molecule has 0 aliphatic heterocycles. The fraction of sp³-hybridized carbons (Fsp3) is 0. The first-order valence-electron chi connectivity index (χ1n) is 1.48. The van der Waals surface area contributed by atoms with Crippen LogP contribution in [0.5, 0.6) is 0 Å². The highest BCUT2D eigenvalue weighted by Crippen LogP contribution is 2.27. The summed E-state index contributed by atoms with van der Waals surface area (Å²) in [6, 6.07) is 0. The van der Waals surface area contributed by atoms with E-state index in [1.165, 1.54) is 5.09 Å². The first-order chi connectivity index (χ1) is 3.42. The molecule has 0 rings (SSSR count). The molecule has 48 valence electrons. The van der Waals surface area contributed by atoms with Gasteiger partial charge in [0.15, 0.2) is 0 Å². The van der Waals surface area contributed by atoms with Gasteiger partial charge in [-0.25, -0.2) is 4.57 Å². The zero-order valence-electron chi connectivity index (χ0n) is 3.61. The molecular weight excluding hydrogens is 153 g/mol. The van der Waals surface area contributed by atoms with Gasteiger partial charge in [0, 0.05) is 0 Å². The van der Waals surface area contributed by atoms with E-state index in [9.17, 15) is 9.36 Å². The molecule has 0 aliphatic rings. The summed E-state index contributed by atoms with van der Waals surface area (Å²) in [5.41, 5.74) is 0.